The Kier molecular flexibility index (Phi) is 4.61. The lowest BCUT2D eigenvalue weighted by molar-refractivity contribution is 0.0229. The summed E-state index contributed by atoms with van der Waals surface area (Å²) in [5, 5.41) is 3.25. The molecule has 1 aromatic rings. The van der Waals surface area contributed by atoms with Crippen LogP contribution in [0.25, 0.3) is 0 Å². The van der Waals surface area contributed by atoms with Crippen molar-refractivity contribution in [3.05, 3.63) is 34.9 Å². The van der Waals surface area contributed by atoms with Gasteiger partial charge in [0.1, 0.15) is 6.10 Å². The Morgan fingerprint density at radius 2 is 2.17 bits per heavy atom. The molecule has 1 saturated heterocycles. The van der Waals surface area contributed by atoms with E-state index in [1.54, 1.807) is 6.07 Å². The molecule has 4 heteroatoms. The summed E-state index contributed by atoms with van der Waals surface area (Å²) in [4.78, 5) is 12.1. The van der Waals surface area contributed by atoms with E-state index < -0.39 is 0 Å². The summed E-state index contributed by atoms with van der Waals surface area (Å²) in [5.74, 6) is 0.241. The quantitative estimate of drug-likeness (QED) is 0.676. The minimum atomic E-state index is -0.222. The van der Waals surface area contributed by atoms with Gasteiger partial charge in [0.25, 0.3) is 0 Å². The van der Waals surface area contributed by atoms with Gasteiger partial charge in [0, 0.05) is 5.88 Å². The number of hydrogen-bond acceptors (Lipinski definition) is 3. The molecule has 18 heavy (non-hydrogen) atoms. The first-order chi connectivity index (χ1) is 8.70. The molecule has 0 unspecified atom stereocenters. The van der Waals surface area contributed by atoms with Gasteiger partial charge in [-0.1, -0.05) is 12.1 Å². The number of aryl methyl sites for hydroxylation is 1. The first-order valence-corrected chi connectivity index (χ1v) is 6.81. The van der Waals surface area contributed by atoms with Crippen LogP contribution in [0.4, 0.5) is 0 Å². The molecular weight excluding hydrogens is 250 g/mol. The fourth-order valence-corrected chi connectivity index (χ4v) is 2.33. The molecule has 0 amide bonds. The predicted octanol–water partition coefficient (Wildman–Crippen LogP) is 2.64. The Bertz CT molecular complexity index is 428. The summed E-state index contributed by atoms with van der Waals surface area (Å²) in [5.41, 5.74) is 2.59. The fraction of sp³-hybridized carbons (Fsp3) is 0.500. The van der Waals surface area contributed by atoms with Crippen molar-refractivity contribution < 1.29 is 9.53 Å². The van der Waals surface area contributed by atoms with Crippen LogP contribution in [0.3, 0.4) is 0 Å². The number of ether oxygens (including phenoxy) is 1. The minimum Gasteiger partial charge on any atom is -0.459 e. The predicted molar refractivity (Wildman–Crippen MR) is 72.0 cm³/mol. The van der Waals surface area contributed by atoms with Crippen molar-refractivity contribution in [3.8, 4) is 0 Å². The third-order valence-corrected chi connectivity index (χ3v) is 3.53. The van der Waals surface area contributed by atoms with Crippen molar-refractivity contribution in [3.63, 3.8) is 0 Å². The summed E-state index contributed by atoms with van der Waals surface area (Å²) in [6, 6.07) is 5.61. The number of hydrogen-bond donors (Lipinski definition) is 1. The van der Waals surface area contributed by atoms with Crippen molar-refractivity contribution in [1.82, 2.24) is 5.32 Å². The van der Waals surface area contributed by atoms with Gasteiger partial charge in [0.15, 0.2) is 0 Å². The molecule has 0 bridgehead atoms. The van der Waals surface area contributed by atoms with Gasteiger partial charge in [-0.15, -0.1) is 11.6 Å². The van der Waals surface area contributed by atoms with Gasteiger partial charge >= 0.3 is 5.97 Å². The second-order valence-corrected chi connectivity index (χ2v) is 4.90. The molecule has 0 atom stereocenters. The maximum absolute atomic E-state index is 12.1. The number of esters is 1. The molecule has 0 aliphatic carbocycles. The van der Waals surface area contributed by atoms with E-state index in [9.17, 15) is 4.79 Å². The number of benzene rings is 1. The van der Waals surface area contributed by atoms with Crippen molar-refractivity contribution in [2.45, 2.75) is 31.7 Å². The molecule has 0 aromatic heterocycles. The number of halogens is 1. The van der Waals surface area contributed by atoms with Gasteiger partial charge in [-0.25, -0.2) is 4.79 Å². The van der Waals surface area contributed by atoms with Crippen LogP contribution in [0.5, 0.6) is 0 Å². The monoisotopic (exact) mass is 267 g/mol. The van der Waals surface area contributed by atoms with Crippen LogP contribution in [-0.2, 0) is 10.6 Å². The van der Waals surface area contributed by atoms with Gasteiger partial charge in [-0.3, -0.25) is 0 Å². The average Bonchev–Trinajstić information content (AvgIpc) is 2.39. The van der Waals surface area contributed by atoms with Crippen LogP contribution in [-0.4, -0.2) is 25.2 Å². The molecule has 1 heterocycles. The molecule has 0 saturated carbocycles. The minimum absolute atomic E-state index is 0.0471. The molecule has 0 spiro atoms. The normalized spacial score (nSPS) is 16.6. The third-order valence-electron chi connectivity index (χ3n) is 3.22. The summed E-state index contributed by atoms with van der Waals surface area (Å²) in [6.07, 6.45) is 1.83. The summed E-state index contributed by atoms with van der Waals surface area (Å²) >= 11 is 5.76. The largest absolute Gasteiger partial charge is 0.459 e. The van der Waals surface area contributed by atoms with Crippen LogP contribution < -0.4 is 5.32 Å². The molecule has 98 valence electrons. The highest BCUT2D eigenvalue weighted by Crippen LogP contribution is 2.16. The van der Waals surface area contributed by atoms with Gasteiger partial charge in [0.2, 0.25) is 0 Å². The molecule has 0 radical (unpaired) electrons. The van der Waals surface area contributed by atoms with Gasteiger partial charge < -0.3 is 10.1 Å². The Hall–Kier alpha value is -1.06. The number of nitrogens with one attached hydrogen (secondary N) is 1. The van der Waals surface area contributed by atoms with Crippen LogP contribution in [0.2, 0.25) is 0 Å². The zero-order valence-corrected chi connectivity index (χ0v) is 11.3. The number of carbonyl (C=O) groups is 1. The van der Waals surface area contributed by atoms with Crippen molar-refractivity contribution in [2.24, 2.45) is 0 Å². The molecule has 1 aliphatic heterocycles. The molecule has 1 aliphatic rings. The zero-order chi connectivity index (χ0) is 13.0. The highest BCUT2D eigenvalue weighted by molar-refractivity contribution is 6.17. The maximum atomic E-state index is 12.1. The summed E-state index contributed by atoms with van der Waals surface area (Å²) in [6.45, 7) is 3.75. The molecular formula is C14H18ClNO2. The molecule has 2 rings (SSSR count). The lowest BCUT2D eigenvalue weighted by atomic mass is 10.1. The van der Waals surface area contributed by atoms with Crippen LogP contribution in [0.15, 0.2) is 18.2 Å². The first kappa shape index (κ1) is 13.4. The highest BCUT2D eigenvalue weighted by Gasteiger charge is 2.19. The van der Waals surface area contributed by atoms with Gasteiger partial charge in [0.05, 0.1) is 5.56 Å². The lowest BCUT2D eigenvalue weighted by Crippen LogP contribution is -2.33. The number of piperidine rings is 1. The van der Waals surface area contributed by atoms with E-state index in [0.29, 0.717) is 11.4 Å². The standard InChI is InChI=1S/C14H18ClNO2/c1-10-8-11(9-15)2-3-13(10)14(17)18-12-4-6-16-7-5-12/h2-3,8,12,16H,4-7,9H2,1H3. The highest BCUT2D eigenvalue weighted by atomic mass is 35.5. The Labute approximate surface area is 112 Å². The SMILES string of the molecule is Cc1cc(CCl)ccc1C(=O)OC1CCNCC1. The van der Waals surface area contributed by atoms with E-state index in [2.05, 4.69) is 5.32 Å². The molecule has 1 aromatic carbocycles. The lowest BCUT2D eigenvalue weighted by Gasteiger charge is -2.23. The van der Waals surface area contributed by atoms with Gasteiger partial charge in [-0.2, -0.15) is 0 Å². The smallest absolute Gasteiger partial charge is 0.338 e. The second-order valence-electron chi connectivity index (χ2n) is 4.64. The first-order valence-electron chi connectivity index (χ1n) is 6.28. The van der Waals surface area contributed by atoms with Gasteiger partial charge in [-0.05, 0) is 50.0 Å². The second kappa shape index (κ2) is 6.21. The van der Waals surface area contributed by atoms with Crippen molar-refractivity contribution >= 4 is 17.6 Å². The van der Waals surface area contributed by atoms with E-state index in [0.717, 1.165) is 37.1 Å². The van der Waals surface area contributed by atoms with Crippen molar-refractivity contribution in [1.29, 1.82) is 0 Å². The van der Waals surface area contributed by atoms with Crippen LogP contribution in [0.1, 0.15) is 34.3 Å². The third kappa shape index (κ3) is 3.24. The fourth-order valence-electron chi connectivity index (χ4n) is 2.17. The molecule has 3 nitrogen and oxygen atoms in total. The van der Waals surface area contributed by atoms with Crippen LogP contribution >= 0.6 is 11.6 Å². The van der Waals surface area contributed by atoms with Crippen molar-refractivity contribution in [2.75, 3.05) is 13.1 Å². The summed E-state index contributed by atoms with van der Waals surface area (Å²) < 4.78 is 5.52. The Morgan fingerprint density at radius 1 is 1.44 bits per heavy atom. The summed E-state index contributed by atoms with van der Waals surface area (Å²) in [7, 11) is 0. The molecule has 1 N–H and O–H groups in total. The van der Waals surface area contributed by atoms with E-state index >= 15 is 0 Å². The molecule has 1 fully saturated rings. The van der Waals surface area contributed by atoms with E-state index in [-0.39, 0.29) is 12.1 Å². The number of alkyl halides is 1. The zero-order valence-electron chi connectivity index (χ0n) is 10.5. The average molecular weight is 268 g/mol. The Balaban J connectivity index is 2.03. The number of carbonyl (C=O) groups excluding carboxylic acids is 1. The van der Waals surface area contributed by atoms with Crippen LogP contribution in [0, 0.1) is 6.92 Å². The Morgan fingerprint density at radius 3 is 2.78 bits per heavy atom. The van der Waals surface area contributed by atoms with E-state index in [1.807, 2.05) is 19.1 Å². The van der Waals surface area contributed by atoms with E-state index in [1.165, 1.54) is 0 Å². The topological polar surface area (TPSA) is 38.3 Å². The number of rotatable bonds is 3. The maximum Gasteiger partial charge on any atom is 0.338 e. The van der Waals surface area contributed by atoms with E-state index in [4.69, 9.17) is 16.3 Å².